The van der Waals surface area contributed by atoms with Crippen molar-refractivity contribution in [3.8, 4) is 0 Å². The fraction of sp³-hybridized carbons (Fsp3) is 0.586. The van der Waals surface area contributed by atoms with E-state index in [1.54, 1.807) is 12.1 Å². The van der Waals surface area contributed by atoms with Gasteiger partial charge in [-0.1, -0.05) is 70.2 Å². The van der Waals surface area contributed by atoms with Crippen LogP contribution in [0.5, 0.6) is 0 Å². The highest BCUT2D eigenvalue weighted by Crippen LogP contribution is 2.42. The van der Waals surface area contributed by atoms with E-state index in [9.17, 15) is 4.39 Å². The van der Waals surface area contributed by atoms with Crippen LogP contribution in [0.3, 0.4) is 0 Å². The zero-order valence-electron chi connectivity index (χ0n) is 21.4. The Balaban J connectivity index is 3.11. The van der Waals surface area contributed by atoms with Crippen molar-refractivity contribution in [3.05, 3.63) is 70.8 Å². The Morgan fingerprint density at radius 3 is 1.94 bits per heavy atom. The molecule has 1 aromatic carbocycles. The van der Waals surface area contributed by atoms with Gasteiger partial charge in [0.2, 0.25) is 0 Å². The van der Waals surface area contributed by atoms with Gasteiger partial charge in [0.1, 0.15) is 0 Å². The lowest BCUT2D eigenvalue weighted by molar-refractivity contribution is 0.271. The molecule has 0 fully saturated rings. The molecule has 0 aromatic heterocycles. The largest absolute Gasteiger partial charge is 0.303 e. The summed E-state index contributed by atoms with van der Waals surface area (Å²) in [4.78, 5) is 2.41. The molecule has 3 heteroatoms. The van der Waals surface area contributed by atoms with E-state index in [0.29, 0.717) is 24.0 Å². The van der Waals surface area contributed by atoms with Crippen molar-refractivity contribution in [2.24, 2.45) is 5.41 Å². The SMILES string of the molecule is C=C/C(C(=C)C)=C(/C)C(CC)(CC)Cc1ccc(CCCN(CCC)CCC)c(F)c1F. The lowest BCUT2D eigenvalue weighted by Gasteiger charge is -2.35. The first-order valence-corrected chi connectivity index (χ1v) is 12.4. The van der Waals surface area contributed by atoms with Gasteiger partial charge in [-0.3, -0.25) is 0 Å². The van der Waals surface area contributed by atoms with Crippen LogP contribution in [0.15, 0.2) is 48.1 Å². The van der Waals surface area contributed by atoms with E-state index in [4.69, 9.17) is 0 Å². The van der Waals surface area contributed by atoms with Crippen molar-refractivity contribution in [1.82, 2.24) is 4.90 Å². The molecule has 0 unspecified atom stereocenters. The van der Waals surface area contributed by atoms with Gasteiger partial charge in [0, 0.05) is 0 Å². The predicted octanol–water partition coefficient (Wildman–Crippen LogP) is 8.45. The minimum atomic E-state index is -0.684. The Bertz CT molecular complexity index is 781. The lowest BCUT2D eigenvalue weighted by Crippen LogP contribution is -2.27. The average molecular weight is 446 g/mol. The highest BCUT2D eigenvalue weighted by molar-refractivity contribution is 5.42. The second-order valence-corrected chi connectivity index (χ2v) is 9.14. The molecule has 0 aliphatic rings. The fourth-order valence-electron chi connectivity index (χ4n) is 4.88. The maximum atomic E-state index is 15.2. The van der Waals surface area contributed by atoms with Crippen LogP contribution in [-0.4, -0.2) is 24.5 Å². The summed E-state index contributed by atoms with van der Waals surface area (Å²) in [5.74, 6) is -1.36. The van der Waals surface area contributed by atoms with Crippen molar-refractivity contribution < 1.29 is 8.78 Å². The monoisotopic (exact) mass is 445 g/mol. The van der Waals surface area contributed by atoms with E-state index in [1.165, 1.54) is 0 Å². The predicted molar refractivity (Wildman–Crippen MR) is 136 cm³/mol. The second-order valence-electron chi connectivity index (χ2n) is 9.14. The molecule has 0 bridgehead atoms. The van der Waals surface area contributed by atoms with Crippen LogP contribution in [0.4, 0.5) is 8.78 Å². The summed E-state index contributed by atoms with van der Waals surface area (Å²) in [6.45, 7) is 23.7. The molecule has 0 amide bonds. The fourth-order valence-corrected chi connectivity index (χ4v) is 4.88. The van der Waals surface area contributed by atoms with E-state index in [1.807, 2.05) is 13.0 Å². The molecule has 0 saturated carbocycles. The topological polar surface area (TPSA) is 3.24 Å². The molecular weight excluding hydrogens is 400 g/mol. The summed E-state index contributed by atoms with van der Waals surface area (Å²) < 4.78 is 30.1. The van der Waals surface area contributed by atoms with Crippen LogP contribution >= 0.6 is 0 Å². The third-order valence-electron chi connectivity index (χ3n) is 6.99. The van der Waals surface area contributed by atoms with E-state index in [0.717, 1.165) is 68.5 Å². The van der Waals surface area contributed by atoms with Crippen LogP contribution in [-0.2, 0) is 12.8 Å². The number of benzene rings is 1. The van der Waals surface area contributed by atoms with Gasteiger partial charge in [0.05, 0.1) is 0 Å². The van der Waals surface area contributed by atoms with E-state index >= 15 is 4.39 Å². The summed E-state index contributed by atoms with van der Waals surface area (Å²) in [6.07, 6.45) is 7.61. The summed E-state index contributed by atoms with van der Waals surface area (Å²) in [5.41, 5.74) is 3.82. The van der Waals surface area contributed by atoms with Crippen molar-refractivity contribution in [3.63, 3.8) is 0 Å². The highest BCUT2D eigenvalue weighted by atomic mass is 19.2. The first-order chi connectivity index (χ1) is 15.2. The molecule has 0 saturated heterocycles. The van der Waals surface area contributed by atoms with E-state index < -0.39 is 11.6 Å². The quantitative estimate of drug-likeness (QED) is 0.245. The summed E-state index contributed by atoms with van der Waals surface area (Å²) in [6, 6.07) is 3.59. The Kier molecular flexibility index (Phi) is 12.1. The molecule has 180 valence electrons. The molecule has 0 atom stereocenters. The molecule has 0 N–H and O–H groups in total. The Morgan fingerprint density at radius 1 is 0.938 bits per heavy atom. The van der Waals surface area contributed by atoms with Gasteiger partial charge in [-0.15, -0.1) is 0 Å². The van der Waals surface area contributed by atoms with E-state index in [2.05, 4.69) is 52.7 Å². The molecule has 1 aromatic rings. The molecule has 0 aliphatic heterocycles. The average Bonchev–Trinajstić information content (AvgIpc) is 2.77. The zero-order valence-corrected chi connectivity index (χ0v) is 21.4. The normalized spacial score (nSPS) is 12.8. The van der Waals surface area contributed by atoms with Crippen molar-refractivity contribution in [1.29, 1.82) is 0 Å². The summed E-state index contributed by atoms with van der Waals surface area (Å²) >= 11 is 0. The van der Waals surface area contributed by atoms with Crippen LogP contribution in [0.2, 0.25) is 0 Å². The third kappa shape index (κ3) is 7.13. The number of nitrogens with zero attached hydrogens (tertiary/aromatic N) is 1. The van der Waals surface area contributed by atoms with Crippen molar-refractivity contribution >= 4 is 0 Å². The lowest BCUT2D eigenvalue weighted by atomic mass is 9.69. The second kappa shape index (κ2) is 13.7. The van der Waals surface area contributed by atoms with Crippen LogP contribution in [0.1, 0.15) is 84.8 Å². The van der Waals surface area contributed by atoms with Gasteiger partial charge in [0.15, 0.2) is 11.6 Å². The smallest absolute Gasteiger partial charge is 0.162 e. The van der Waals surface area contributed by atoms with Gasteiger partial charge < -0.3 is 4.90 Å². The highest BCUT2D eigenvalue weighted by Gasteiger charge is 2.32. The molecule has 0 heterocycles. The molecule has 0 aliphatic carbocycles. The molecule has 1 rings (SSSR count). The number of rotatable bonds is 15. The van der Waals surface area contributed by atoms with Crippen LogP contribution in [0, 0.1) is 17.0 Å². The van der Waals surface area contributed by atoms with Gasteiger partial charge >= 0.3 is 0 Å². The number of allylic oxidation sites excluding steroid dienone is 4. The molecular formula is C29H45F2N. The maximum absolute atomic E-state index is 15.2. The summed E-state index contributed by atoms with van der Waals surface area (Å²) in [7, 11) is 0. The third-order valence-corrected chi connectivity index (χ3v) is 6.99. The standard InChI is InChI=1S/C29H45F2N/c1-9-18-32(19-10-2)20-14-15-24-16-17-25(28(31)27(24)30)21-29(12-4,13-5)23(8)26(11-3)22(6)7/h11,16-17H,3,6,9-10,12-15,18-21H2,1-2,4-5,7-8H3/b26-23+. The molecule has 1 nitrogen and oxygen atoms in total. The van der Waals surface area contributed by atoms with Gasteiger partial charge in [-0.25, -0.2) is 8.78 Å². The summed E-state index contributed by atoms with van der Waals surface area (Å²) in [5, 5.41) is 0. The van der Waals surface area contributed by atoms with E-state index in [-0.39, 0.29) is 5.41 Å². The van der Waals surface area contributed by atoms with Crippen molar-refractivity contribution in [2.45, 2.75) is 86.5 Å². The van der Waals surface area contributed by atoms with Gasteiger partial charge in [-0.05, 0) is 101 Å². The van der Waals surface area contributed by atoms with Gasteiger partial charge in [0.25, 0.3) is 0 Å². The zero-order chi connectivity index (χ0) is 24.3. The van der Waals surface area contributed by atoms with Gasteiger partial charge in [-0.2, -0.15) is 0 Å². The number of halogens is 2. The minimum Gasteiger partial charge on any atom is -0.303 e. The van der Waals surface area contributed by atoms with Crippen molar-refractivity contribution in [2.75, 3.05) is 19.6 Å². The Hall–Kier alpha value is -1.74. The minimum absolute atomic E-state index is 0.252. The Labute approximate surface area is 196 Å². The van der Waals surface area contributed by atoms with Crippen LogP contribution < -0.4 is 0 Å². The number of hydrogen-bond donors (Lipinski definition) is 0. The molecule has 0 spiro atoms. The molecule has 0 radical (unpaired) electrons. The Morgan fingerprint density at radius 2 is 1.47 bits per heavy atom. The molecule has 32 heavy (non-hydrogen) atoms. The number of hydrogen-bond acceptors (Lipinski definition) is 1. The first-order valence-electron chi connectivity index (χ1n) is 12.4. The number of aryl methyl sites for hydroxylation is 1. The maximum Gasteiger partial charge on any atom is 0.162 e. The first kappa shape index (κ1) is 28.3. The van der Waals surface area contributed by atoms with Crippen LogP contribution in [0.25, 0.3) is 0 Å².